The zero-order valence-electron chi connectivity index (χ0n) is 10.3. The number of hydrogen-bond donors (Lipinski definition) is 0. The fraction of sp³-hybridized carbons (Fsp3) is 0.0667. The lowest BCUT2D eigenvalue weighted by Gasteiger charge is -2.03. The van der Waals surface area contributed by atoms with Gasteiger partial charge in [-0.1, -0.05) is 12.1 Å². The Kier molecular flexibility index (Phi) is 3.89. The van der Waals surface area contributed by atoms with Gasteiger partial charge in [-0.25, -0.2) is 4.39 Å². The fourth-order valence-corrected chi connectivity index (χ4v) is 1.62. The van der Waals surface area contributed by atoms with Crippen LogP contribution in [0.15, 0.2) is 42.6 Å². The number of pyridine rings is 1. The first-order valence-corrected chi connectivity index (χ1v) is 5.61. The smallest absolute Gasteiger partial charge is 0.165 e. The highest BCUT2D eigenvalue weighted by atomic mass is 19.1. The Balaban J connectivity index is 2.39. The highest BCUT2D eigenvalue weighted by Gasteiger charge is 2.05. The van der Waals surface area contributed by atoms with E-state index in [1.165, 1.54) is 19.2 Å². The van der Waals surface area contributed by atoms with Gasteiger partial charge in [0.1, 0.15) is 6.07 Å². The summed E-state index contributed by atoms with van der Waals surface area (Å²) in [6.45, 7) is 0. The standard InChI is InChI=1S/C15H11FN2O/c1-19-15-6-5-11(9-13(15)16)8-12(10-17)14-4-2-3-7-18-14/h2-9H,1H3/b12-8+. The largest absolute Gasteiger partial charge is 0.494 e. The molecule has 19 heavy (non-hydrogen) atoms. The topological polar surface area (TPSA) is 45.9 Å². The van der Waals surface area contributed by atoms with E-state index in [0.717, 1.165) is 0 Å². The van der Waals surface area contributed by atoms with E-state index in [1.807, 2.05) is 0 Å². The molecular formula is C15H11FN2O. The third-order valence-electron chi connectivity index (χ3n) is 2.55. The maximum atomic E-state index is 13.6. The summed E-state index contributed by atoms with van der Waals surface area (Å²) in [7, 11) is 1.41. The molecule has 0 amide bonds. The van der Waals surface area contributed by atoms with E-state index in [0.29, 0.717) is 16.8 Å². The van der Waals surface area contributed by atoms with Crippen LogP contribution >= 0.6 is 0 Å². The third kappa shape index (κ3) is 2.96. The Morgan fingerprint density at radius 1 is 1.37 bits per heavy atom. The number of halogens is 1. The molecule has 1 heterocycles. The van der Waals surface area contributed by atoms with Crippen molar-refractivity contribution in [3.8, 4) is 11.8 Å². The lowest BCUT2D eigenvalue weighted by atomic mass is 10.1. The molecule has 4 heteroatoms. The Labute approximate surface area is 110 Å². The number of aromatic nitrogens is 1. The van der Waals surface area contributed by atoms with Crippen LogP contribution < -0.4 is 4.74 Å². The van der Waals surface area contributed by atoms with E-state index in [4.69, 9.17) is 10.00 Å². The number of nitriles is 1. The normalized spacial score (nSPS) is 10.9. The van der Waals surface area contributed by atoms with Crippen LogP contribution in [0.25, 0.3) is 11.6 Å². The molecule has 2 rings (SSSR count). The Bertz CT molecular complexity index is 645. The monoisotopic (exact) mass is 254 g/mol. The van der Waals surface area contributed by atoms with Gasteiger partial charge in [0.15, 0.2) is 11.6 Å². The van der Waals surface area contributed by atoms with E-state index < -0.39 is 5.82 Å². The summed E-state index contributed by atoms with van der Waals surface area (Å²) in [6.07, 6.45) is 3.19. The summed E-state index contributed by atoms with van der Waals surface area (Å²) in [5.74, 6) is -0.289. The molecule has 0 atom stereocenters. The van der Waals surface area contributed by atoms with Gasteiger partial charge in [0, 0.05) is 6.20 Å². The summed E-state index contributed by atoms with van der Waals surface area (Å²) in [5, 5.41) is 9.13. The predicted molar refractivity (Wildman–Crippen MR) is 70.7 cm³/mol. The molecule has 0 saturated heterocycles. The molecular weight excluding hydrogens is 243 g/mol. The van der Waals surface area contributed by atoms with Crippen molar-refractivity contribution < 1.29 is 9.13 Å². The van der Waals surface area contributed by atoms with Crippen molar-refractivity contribution in [2.24, 2.45) is 0 Å². The Morgan fingerprint density at radius 2 is 2.21 bits per heavy atom. The highest BCUT2D eigenvalue weighted by Crippen LogP contribution is 2.21. The van der Waals surface area contributed by atoms with Crippen LogP contribution in [0.3, 0.4) is 0 Å². The Hall–Kier alpha value is -2.67. The molecule has 3 nitrogen and oxygen atoms in total. The SMILES string of the molecule is COc1ccc(/C=C(\C#N)c2ccccn2)cc1F. The van der Waals surface area contributed by atoms with Crippen molar-refractivity contribution in [1.82, 2.24) is 4.98 Å². The molecule has 0 radical (unpaired) electrons. The second kappa shape index (κ2) is 5.78. The molecule has 0 aliphatic heterocycles. The molecule has 0 N–H and O–H groups in total. The van der Waals surface area contributed by atoms with Gasteiger partial charge in [0.05, 0.1) is 18.4 Å². The van der Waals surface area contributed by atoms with E-state index >= 15 is 0 Å². The van der Waals surface area contributed by atoms with E-state index in [-0.39, 0.29) is 5.75 Å². The van der Waals surface area contributed by atoms with Gasteiger partial charge in [0.25, 0.3) is 0 Å². The van der Waals surface area contributed by atoms with Crippen LogP contribution in [0, 0.1) is 17.1 Å². The van der Waals surface area contributed by atoms with Crippen LogP contribution in [0.2, 0.25) is 0 Å². The van der Waals surface area contributed by atoms with Crippen molar-refractivity contribution in [1.29, 1.82) is 5.26 Å². The van der Waals surface area contributed by atoms with Crippen LogP contribution in [-0.2, 0) is 0 Å². The summed E-state index contributed by atoms with van der Waals surface area (Å²) < 4.78 is 18.4. The van der Waals surface area contributed by atoms with Gasteiger partial charge >= 0.3 is 0 Å². The minimum absolute atomic E-state index is 0.175. The minimum Gasteiger partial charge on any atom is -0.494 e. The summed E-state index contributed by atoms with van der Waals surface area (Å²) in [6, 6.07) is 11.9. The second-order valence-electron chi connectivity index (χ2n) is 3.78. The molecule has 0 spiro atoms. The molecule has 0 saturated carbocycles. The van der Waals surface area contributed by atoms with Crippen molar-refractivity contribution in [3.05, 3.63) is 59.7 Å². The number of hydrogen-bond acceptors (Lipinski definition) is 3. The quantitative estimate of drug-likeness (QED) is 0.789. The van der Waals surface area contributed by atoms with Crippen molar-refractivity contribution >= 4 is 11.6 Å². The Morgan fingerprint density at radius 3 is 2.79 bits per heavy atom. The molecule has 0 aliphatic carbocycles. The number of nitrogens with zero attached hydrogens (tertiary/aromatic N) is 2. The second-order valence-corrected chi connectivity index (χ2v) is 3.78. The number of methoxy groups -OCH3 is 1. The van der Waals surface area contributed by atoms with E-state index in [9.17, 15) is 4.39 Å². The molecule has 0 fully saturated rings. The van der Waals surface area contributed by atoms with E-state index in [1.54, 1.807) is 36.5 Å². The number of rotatable bonds is 3. The summed E-state index contributed by atoms with van der Waals surface area (Å²) in [5.41, 5.74) is 1.52. The van der Waals surface area contributed by atoms with Gasteiger partial charge in [-0.2, -0.15) is 5.26 Å². The first kappa shape index (κ1) is 12.8. The van der Waals surface area contributed by atoms with Gasteiger partial charge in [0.2, 0.25) is 0 Å². The van der Waals surface area contributed by atoms with Crippen LogP contribution in [-0.4, -0.2) is 12.1 Å². The first-order valence-electron chi connectivity index (χ1n) is 5.61. The molecule has 0 bridgehead atoms. The summed E-state index contributed by atoms with van der Waals surface area (Å²) >= 11 is 0. The van der Waals surface area contributed by atoms with Crippen LogP contribution in [0.5, 0.6) is 5.75 Å². The van der Waals surface area contributed by atoms with Gasteiger partial charge in [-0.05, 0) is 35.9 Å². The van der Waals surface area contributed by atoms with E-state index in [2.05, 4.69) is 11.1 Å². The zero-order valence-corrected chi connectivity index (χ0v) is 10.3. The predicted octanol–water partition coefficient (Wildman–Crippen LogP) is 3.29. The molecule has 1 aromatic carbocycles. The maximum Gasteiger partial charge on any atom is 0.165 e. The van der Waals surface area contributed by atoms with Crippen molar-refractivity contribution in [3.63, 3.8) is 0 Å². The van der Waals surface area contributed by atoms with Gasteiger partial charge in [-0.15, -0.1) is 0 Å². The van der Waals surface area contributed by atoms with Crippen molar-refractivity contribution in [2.45, 2.75) is 0 Å². The molecule has 94 valence electrons. The van der Waals surface area contributed by atoms with Crippen molar-refractivity contribution in [2.75, 3.05) is 7.11 Å². The lowest BCUT2D eigenvalue weighted by molar-refractivity contribution is 0.386. The first-order chi connectivity index (χ1) is 9.24. The molecule has 1 aromatic heterocycles. The number of benzene rings is 1. The number of allylic oxidation sites excluding steroid dienone is 1. The molecule has 0 aliphatic rings. The maximum absolute atomic E-state index is 13.6. The third-order valence-corrected chi connectivity index (χ3v) is 2.55. The minimum atomic E-state index is -0.463. The van der Waals surface area contributed by atoms with Crippen LogP contribution in [0.1, 0.15) is 11.3 Å². The van der Waals surface area contributed by atoms with Gasteiger partial charge < -0.3 is 4.74 Å². The average molecular weight is 254 g/mol. The molecule has 2 aromatic rings. The number of ether oxygens (including phenoxy) is 1. The zero-order chi connectivity index (χ0) is 13.7. The molecule has 0 unspecified atom stereocenters. The fourth-order valence-electron chi connectivity index (χ4n) is 1.62. The van der Waals surface area contributed by atoms with Crippen LogP contribution in [0.4, 0.5) is 4.39 Å². The van der Waals surface area contributed by atoms with Gasteiger partial charge in [-0.3, -0.25) is 4.98 Å². The lowest BCUT2D eigenvalue weighted by Crippen LogP contribution is -1.89. The average Bonchev–Trinajstić information content (AvgIpc) is 2.46. The highest BCUT2D eigenvalue weighted by molar-refractivity contribution is 5.88. The summed E-state index contributed by atoms with van der Waals surface area (Å²) in [4.78, 5) is 4.09.